The van der Waals surface area contributed by atoms with Gasteiger partial charge in [0.25, 0.3) is 11.5 Å². The van der Waals surface area contributed by atoms with Crippen LogP contribution in [0.2, 0.25) is 10.0 Å². The van der Waals surface area contributed by atoms with E-state index in [1.165, 1.54) is 12.0 Å². The average Bonchev–Trinajstić information content (AvgIpc) is 3.32. The van der Waals surface area contributed by atoms with E-state index in [9.17, 15) is 23.2 Å². The van der Waals surface area contributed by atoms with E-state index >= 15 is 0 Å². The molecule has 1 fully saturated rings. The van der Waals surface area contributed by atoms with Crippen molar-refractivity contribution in [1.82, 2.24) is 15.2 Å². The quantitative estimate of drug-likeness (QED) is 0.363. The number of alkyl halides is 3. The lowest BCUT2D eigenvalue weighted by Gasteiger charge is -2.29. The summed E-state index contributed by atoms with van der Waals surface area (Å²) in [6.45, 7) is 1.52. The number of anilines is 1. The van der Waals surface area contributed by atoms with Crippen LogP contribution in [0, 0.1) is 0 Å². The van der Waals surface area contributed by atoms with E-state index in [1.54, 1.807) is 35.2 Å². The second-order valence-electron chi connectivity index (χ2n) is 9.08. The molecule has 1 saturated heterocycles. The zero-order valence-corrected chi connectivity index (χ0v) is 23.9. The molecular weight excluding hydrogens is 609 g/mol. The topological polar surface area (TPSA) is 94.7 Å². The van der Waals surface area contributed by atoms with Gasteiger partial charge >= 0.3 is 5.38 Å². The SMILES string of the molecule is COc1cc2c(cc1N1CCNCC1=O)CN(C(=O)c1c(Sc3c(Cl)cccc3Cl)cc(C(F)(F)Cl)[nH]c1=O)C2. The number of hydrogen-bond acceptors (Lipinski definition) is 6. The van der Waals surface area contributed by atoms with E-state index in [-0.39, 0.29) is 50.9 Å². The van der Waals surface area contributed by atoms with Gasteiger partial charge in [0.2, 0.25) is 5.91 Å². The number of methoxy groups -OCH3 is 1. The Balaban J connectivity index is 1.52. The fraction of sp³-hybridized carbons (Fsp3) is 0.269. The van der Waals surface area contributed by atoms with Gasteiger partial charge in [-0.2, -0.15) is 8.78 Å². The molecule has 0 atom stereocenters. The van der Waals surface area contributed by atoms with Crippen LogP contribution in [-0.4, -0.2) is 48.4 Å². The third kappa shape index (κ3) is 5.53. The van der Waals surface area contributed by atoms with Gasteiger partial charge in [-0.3, -0.25) is 14.4 Å². The monoisotopic (exact) mass is 628 g/mol. The lowest BCUT2D eigenvalue weighted by atomic mass is 10.1. The van der Waals surface area contributed by atoms with Crippen LogP contribution in [0.25, 0.3) is 0 Å². The number of hydrogen-bond donors (Lipinski definition) is 2. The zero-order chi connectivity index (χ0) is 28.8. The molecule has 2 amide bonds. The number of ether oxygens (including phenoxy) is 1. The second-order valence-corrected chi connectivity index (χ2v) is 11.4. The Hall–Kier alpha value is -2.83. The standard InChI is InChI=1S/C26H21Cl3F2N4O4S/c1-39-18-8-14-12-34(11-13(14)7-17(18)35-6-5-32-10-21(35)36)25(38)22-19(9-20(26(29,30)31)33-24(22)37)40-23-15(27)3-2-4-16(23)28/h2-4,7-9,32H,5-6,10-12H2,1H3,(H,33,37). The summed E-state index contributed by atoms with van der Waals surface area (Å²) in [5, 5.41) is -0.441. The average molecular weight is 630 g/mol. The van der Waals surface area contributed by atoms with E-state index in [4.69, 9.17) is 39.5 Å². The van der Waals surface area contributed by atoms with Crippen molar-refractivity contribution in [2.75, 3.05) is 31.6 Å². The molecule has 14 heteroatoms. The first-order chi connectivity index (χ1) is 19.0. The maximum absolute atomic E-state index is 14.0. The van der Waals surface area contributed by atoms with Gasteiger partial charge in [0.05, 0.1) is 29.4 Å². The van der Waals surface area contributed by atoms with Crippen molar-refractivity contribution in [2.45, 2.75) is 28.3 Å². The normalized spacial score (nSPS) is 15.4. The Kier molecular flexibility index (Phi) is 8.04. The number of piperazine rings is 1. The lowest BCUT2D eigenvalue weighted by molar-refractivity contribution is -0.118. The van der Waals surface area contributed by atoms with E-state index in [2.05, 4.69) is 5.32 Å². The van der Waals surface area contributed by atoms with Crippen LogP contribution in [0.3, 0.4) is 0 Å². The first-order valence-electron chi connectivity index (χ1n) is 11.9. The Morgan fingerprint density at radius 1 is 1.10 bits per heavy atom. The summed E-state index contributed by atoms with van der Waals surface area (Å²) < 4.78 is 33.6. The van der Waals surface area contributed by atoms with Crippen molar-refractivity contribution in [3.05, 3.63) is 79.2 Å². The van der Waals surface area contributed by atoms with Gasteiger partial charge in [-0.25, -0.2) is 0 Å². The maximum Gasteiger partial charge on any atom is 0.362 e. The molecular formula is C26H21Cl3F2N4O4S. The van der Waals surface area contributed by atoms with Crippen molar-refractivity contribution in [2.24, 2.45) is 0 Å². The number of aromatic nitrogens is 1. The highest BCUT2D eigenvalue weighted by molar-refractivity contribution is 7.99. The van der Waals surface area contributed by atoms with Gasteiger partial charge in [-0.1, -0.05) is 41.0 Å². The third-order valence-corrected chi connectivity index (χ3v) is 8.78. The van der Waals surface area contributed by atoms with Gasteiger partial charge in [-0.15, -0.1) is 0 Å². The highest BCUT2D eigenvalue weighted by atomic mass is 35.5. The van der Waals surface area contributed by atoms with Crippen molar-refractivity contribution in [3.63, 3.8) is 0 Å². The summed E-state index contributed by atoms with van der Waals surface area (Å²) in [6.07, 6.45) is 0. The van der Waals surface area contributed by atoms with E-state index < -0.39 is 22.5 Å². The van der Waals surface area contributed by atoms with Crippen molar-refractivity contribution < 1.29 is 23.1 Å². The minimum atomic E-state index is -3.89. The number of nitrogens with one attached hydrogen (secondary N) is 2. The van der Waals surface area contributed by atoms with E-state index in [0.29, 0.717) is 24.5 Å². The number of H-pyrrole nitrogens is 1. The van der Waals surface area contributed by atoms with Crippen molar-refractivity contribution in [1.29, 1.82) is 0 Å². The maximum atomic E-state index is 14.0. The van der Waals surface area contributed by atoms with Crippen LogP contribution in [0.5, 0.6) is 5.75 Å². The number of aromatic amines is 1. The molecule has 0 spiro atoms. The number of fused-ring (bicyclic) bond motifs is 1. The smallest absolute Gasteiger partial charge is 0.362 e. The minimum Gasteiger partial charge on any atom is -0.495 e. The molecule has 210 valence electrons. The molecule has 1 aromatic heterocycles. The van der Waals surface area contributed by atoms with Gasteiger partial charge in [-0.05, 0) is 53.1 Å². The van der Waals surface area contributed by atoms with Crippen molar-refractivity contribution >= 4 is 64.1 Å². The number of halogens is 5. The summed E-state index contributed by atoms with van der Waals surface area (Å²) in [7, 11) is 1.49. The Morgan fingerprint density at radius 3 is 2.40 bits per heavy atom. The molecule has 0 bridgehead atoms. The molecule has 0 radical (unpaired) electrons. The first-order valence-corrected chi connectivity index (χ1v) is 13.9. The highest BCUT2D eigenvalue weighted by Crippen LogP contribution is 2.42. The fourth-order valence-electron chi connectivity index (χ4n) is 4.61. The predicted molar refractivity (Wildman–Crippen MR) is 149 cm³/mol. The summed E-state index contributed by atoms with van der Waals surface area (Å²) in [6, 6.07) is 9.21. The van der Waals surface area contributed by atoms with Gasteiger partial charge in [0.15, 0.2) is 0 Å². The molecule has 40 heavy (non-hydrogen) atoms. The molecule has 0 unspecified atom stereocenters. The fourth-order valence-corrected chi connectivity index (χ4v) is 6.35. The number of amides is 2. The molecule has 2 aromatic carbocycles. The summed E-state index contributed by atoms with van der Waals surface area (Å²) >= 11 is 18.6. The second kappa shape index (κ2) is 11.2. The molecule has 5 rings (SSSR count). The van der Waals surface area contributed by atoms with Crippen LogP contribution in [0.1, 0.15) is 27.2 Å². The highest BCUT2D eigenvalue weighted by Gasteiger charge is 2.35. The van der Waals surface area contributed by atoms with Crippen LogP contribution in [-0.2, 0) is 23.3 Å². The molecule has 2 aliphatic heterocycles. The first kappa shape index (κ1) is 28.7. The number of nitrogens with zero attached hydrogens (tertiary/aromatic N) is 2. The number of rotatable bonds is 6. The van der Waals surface area contributed by atoms with Crippen LogP contribution >= 0.6 is 46.6 Å². The number of benzene rings is 2. The number of pyridine rings is 1. The van der Waals surface area contributed by atoms with Crippen LogP contribution < -0.4 is 20.5 Å². The van der Waals surface area contributed by atoms with Crippen LogP contribution in [0.4, 0.5) is 14.5 Å². The molecule has 8 nitrogen and oxygen atoms in total. The van der Waals surface area contributed by atoms with Gasteiger partial charge < -0.3 is 24.8 Å². The van der Waals surface area contributed by atoms with E-state index in [0.717, 1.165) is 29.0 Å². The molecule has 3 aromatic rings. The Morgan fingerprint density at radius 2 is 1.77 bits per heavy atom. The Labute approximate surface area is 246 Å². The van der Waals surface area contributed by atoms with Gasteiger partial charge in [0.1, 0.15) is 17.0 Å². The summed E-state index contributed by atoms with van der Waals surface area (Å²) in [5.74, 6) is -0.330. The number of carbonyl (C=O) groups is 2. The van der Waals surface area contributed by atoms with E-state index in [1.807, 2.05) is 4.98 Å². The van der Waals surface area contributed by atoms with Gasteiger partial charge in [0, 0.05) is 36.0 Å². The molecule has 0 aliphatic carbocycles. The zero-order valence-electron chi connectivity index (χ0n) is 20.8. The van der Waals surface area contributed by atoms with Crippen LogP contribution in [0.15, 0.2) is 51.0 Å². The summed E-state index contributed by atoms with van der Waals surface area (Å²) in [4.78, 5) is 44.7. The predicted octanol–water partition coefficient (Wildman–Crippen LogP) is 5.22. The molecule has 2 N–H and O–H groups in total. The third-order valence-electron chi connectivity index (χ3n) is 6.54. The molecule has 0 saturated carbocycles. The minimum absolute atomic E-state index is 0.0836. The lowest BCUT2D eigenvalue weighted by Crippen LogP contribution is -2.48. The van der Waals surface area contributed by atoms with Crippen molar-refractivity contribution in [3.8, 4) is 5.75 Å². The molecule has 2 aliphatic rings. The Bertz CT molecular complexity index is 1560. The number of carbonyl (C=O) groups excluding carboxylic acids is 2. The molecule has 3 heterocycles. The largest absolute Gasteiger partial charge is 0.495 e. The summed E-state index contributed by atoms with van der Waals surface area (Å²) in [5.41, 5.74) is -0.157.